The maximum absolute atomic E-state index is 12.6. The van der Waals surface area contributed by atoms with Crippen molar-refractivity contribution in [3.8, 4) is 0 Å². The minimum Gasteiger partial charge on any atom is -0.388 e. The number of hydrogen-bond acceptors (Lipinski definition) is 5. The van der Waals surface area contributed by atoms with Crippen LogP contribution in [0.25, 0.3) is 0 Å². The minimum absolute atomic E-state index is 0.0285. The molecule has 4 saturated carbocycles. The maximum atomic E-state index is 12.6. The van der Waals surface area contributed by atoms with Crippen molar-refractivity contribution in [2.24, 2.45) is 34.5 Å². The molecule has 1 spiro atoms. The van der Waals surface area contributed by atoms with Crippen LogP contribution in [0.3, 0.4) is 0 Å². The highest BCUT2D eigenvalue weighted by molar-refractivity contribution is 5.90. The molecule has 5 aliphatic rings. The molecule has 5 fully saturated rings. The van der Waals surface area contributed by atoms with Gasteiger partial charge in [-0.25, -0.2) is 0 Å². The summed E-state index contributed by atoms with van der Waals surface area (Å²) in [6.07, 6.45) is 5.85. The summed E-state index contributed by atoms with van der Waals surface area (Å²) in [5, 5.41) is 21.1. The van der Waals surface area contributed by atoms with Crippen LogP contribution in [0, 0.1) is 34.5 Å². The molecule has 5 rings (SSSR count). The molecule has 27 heavy (non-hydrogen) atoms. The predicted molar refractivity (Wildman–Crippen MR) is 97.8 cm³/mol. The van der Waals surface area contributed by atoms with Gasteiger partial charge in [-0.15, -0.1) is 0 Å². The average Bonchev–Trinajstić information content (AvgIpc) is 3.31. The lowest BCUT2D eigenvalue weighted by molar-refractivity contribution is -0.170. The number of aliphatic hydroxyl groups excluding tert-OH is 1. The zero-order valence-corrected chi connectivity index (χ0v) is 16.7. The van der Waals surface area contributed by atoms with Crippen LogP contribution >= 0.6 is 0 Å². The lowest BCUT2D eigenvalue weighted by Crippen LogP contribution is -2.64. The van der Waals surface area contributed by atoms with Crippen LogP contribution in [0.15, 0.2) is 0 Å². The van der Waals surface area contributed by atoms with E-state index in [0.29, 0.717) is 36.9 Å². The first kappa shape index (κ1) is 18.3. The van der Waals surface area contributed by atoms with Gasteiger partial charge < -0.3 is 14.9 Å². The summed E-state index contributed by atoms with van der Waals surface area (Å²) in [5.41, 5.74) is -2.16. The van der Waals surface area contributed by atoms with Crippen LogP contribution in [-0.2, 0) is 14.3 Å². The smallest absolute Gasteiger partial charge is 0.190 e. The van der Waals surface area contributed by atoms with Crippen molar-refractivity contribution in [2.75, 3.05) is 6.61 Å². The van der Waals surface area contributed by atoms with Gasteiger partial charge >= 0.3 is 0 Å². The van der Waals surface area contributed by atoms with Gasteiger partial charge in [-0.3, -0.25) is 9.59 Å². The van der Waals surface area contributed by atoms with Gasteiger partial charge in [-0.2, -0.15) is 0 Å². The summed E-state index contributed by atoms with van der Waals surface area (Å²) < 4.78 is 6.52. The van der Waals surface area contributed by atoms with Crippen molar-refractivity contribution in [3.63, 3.8) is 0 Å². The van der Waals surface area contributed by atoms with Crippen molar-refractivity contribution in [2.45, 2.75) is 83.0 Å². The highest BCUT2D eigenvalue weighted by Crippen LogP contribution is 2.77. The third-order valence-electron chi connectivity index (χ3n) is 10.00. The normalized spacial score (nSPS) is 58.7. The molecule has 1 unspecified atom stereocenters. The molecule has 0 aromatic carbocycles. The first-order valence-electron chi connectivity index (χ1n) is 10.7. The molecule has 150 valence electrons. The molecule has 4 aliphatic carbocycles. The number of epoxide rings is 1. The molecule has 1 aliphatic heterocycles. The molecule has 0 bridgehead atoms. The highest BCUT2D eigenvalue weighted by Gasteiger charge is 2.82. The first-order valence-corrected chi connectivity index (χ1v) is 10.7. The summed E-state index contributed by atoms with van der Waals surface area (Å²) in [7, 11) is 0. The Morgan fingerprint density at radius 2 is 1.96 bits per heavy atom. The molecule has 1 heterocycles. The van der Waals surface area contributed by atoms with Crippen molar-refractivity contribution in [3.05, 3.63) is 0 Å². The van der Waals surface area contributed by atoms with Crippen LogP contribution in [-0.4, -0.2) is 45.7 Å². The monoisotopic (exact) mass is 376 g/mol. The molecular weight excluding hydrogens is 344 g/mol. The van der Waals surface area contributed by atoms with Gasteiger partial charge in [0.1, 0.15) is 23.6 Å². The van der Waals surface area contributed by atoms with E-state index in [-0.39, 0.29) is 29.0 Å². The number of Topliss-reactive ketones (excluding diaryl/α,β-unsaturated/α-hetero) is 2. The van der Waals surface area contributed by atoms with E-state index >= 15 is 0 Å². The van der Waals surface area contributed by atoms with E-state index in [1.807, 2.05) is 6.92 Å². The number of carbonyl (C=O) groups excluding carboxylic acids is 2. The zero-order valence-electron chi connectivity index (χ0n) is 16.7. The Bertz CT molecular complexity index is 719. The fraction of sp³-hybridized carbons (Fsp3) is 0.909. The predicted octanol–water partition coefficient (Wildman–Crippen LogP) is 2.27. The Morgan fingerprint density at radius 1 is 1.22 bits per heavy atom. The number of rotatable bonds is 2. The van der Waals surface area contributed by atoms with Crippen LogP contribution in [0.5, 0.6) is 0 Å². The number of ketones is 2. The number of carbonyl (C=O) groups is 2. The molecule has 5 heteroatoms. The van der Waals surface area contributed by atoms with E-state index in [2.05, 4.69) is 13.8 Å². The second-order valence-corrected chi connectivity index (χ2v) is 10.7. The molecule has 0 aromatic heterocycles. The number of fused-ring (bicyclic) bond motifs is 3. The lowest BCUT2D eigenvalue weighted by atomic mass is 9.44. The quantitative estimate of drug-likeness (QED) is 0.722. The third-order valence-corrected chi connectivity index (χ3v) is 10.00. The van der Waals surface area contributed by atoms with Gasteiger partial charge in [0.05, 0.1) is 6.10 Å². The Morgan fingerprint density at radius 3 is 2.67 bits per heavy atom. The number of aliphatic hydroxyl groups is 2. The van der Waals surface area contributed by atoms with E-state index in [1.54, 1.807) is 0 Å². The molecule has 0 radical (unpaired) electrons. The summed E-state index contributed by atoms with van der Waals surface area (Å²) in [6, 6.07) is 0. The summed E-state index contributed by atoms with van der Waals surface area (Å²) in [4.78, 5) is 24.7. The molecule has 5 nitrogen and oxygen atoms in total. The minimum atomic E-state index is -1.47. The van der Waals surface area contributed by atoms with Crippen LogP contribution < -0.4 is 0 Å². The van der Waals surface area contributed by atoms with Gasteiger partial charge in [0, 0.05) is 23.7 Å². The Kier molecular flexibility index (Phi) is 3.53. The SMILES string of the molecule is C[C@@H]1C[C@H]2[C@@H]3CC[C@H]4CC(=O)CC[C@]4(C)[C@]34OC4C[C@]2(C)[C@@]1(O)C(=O)CO. The fourth-order valence-corrected chi connectivity index (χ4v) is 8.55. The lowest BCUT2D eigenvalue weighted by Gasteiger charge is -2.58. The largest absolute Gasteiger partial charge is 0.388 e. The van der Waals surface area contributed by atoms with Crippen LogP contribution in [0.2, 0.25) is 0 Å². The third kappa shape index (κ3) is 1.83. The summed E-state index contributed by atoms with van der Waals surface area (Å²) in [6.45, 7) is 5.75. The highest BCUT2D eigenvalue weighted by atomic mass is 16.6. The topological polar surface area (TPSA) is 87.1 Å². The van der Waals surface area contributed by atoms with Crippen molar-refractivity contribution in [1.82, 2.24) is 0 Å². The maximum Gasteiger partial charge on any atom is 0.190 e. The second kappa shape index (κ2) is 5.22. The Balaban J connectivity index is 1.56. The van der Waals surface area contributed by atoms with E-state index in [0.717, 1.165) is 25.7 Å². The molecular formula is C22H32O5. The van der Waals surface area contributed by atoms with Crippen molar-refractivity contribution in [1.29, 1.82) is 0 Å². The van der Waals surface area contributed by atoms with Crippen molar-refractivity contribution >= 4 is 11.6 Å². The average molecular weight is 376 g/mol. The van der Waals surface area contributed by atoms with Gasteiger partial charge in [-0.05, 0) is 55.8 Å². The van der Waals surface area contributed by atoms with E-state index < -0.39 is 23.4 Å². The van der Waals surface area contributed by atoms with Crippen molar-refractivity contribution < 1.29 is 24.5 Å². The summed E-state index contributed by atoms with van der Waals surface area (Å²) >= 11 is 0. The van der Waals surface area contributed by atoms with E-state index in [1.165, 1.54) is 0 Å². The molecule has 0 amide bonds. The standard InChI is InChI=1S/C22H32O5/c1-12-8-16-15-5-4-13-9-14(24)6-7-19(13,2)22(15)18(27-22)10-20(16,3)21(12,26)17(25)11-23/h12-13,15-16,18,23,26H,4-11H2,1-3H3/t12-,13+,15+,16+,18?,19+,20+,21+,22+/m1/s1. The van der Waals surface area contributed by atoms with E-state index in [4.69, 9.17) is 4.74 Å². The van der Waals surface area contributed by atoms with Gasteiger partial charge in [-0.1, -0.05) is 20.8 Å². The van der Waals surface area contributed by atoms with Crippen LogP contribution in [0.4, 0.5) is 0 Å². The summed E-state index contributed by atoms with van der Waals surface area (Å²) in [5.74, 6) is 0.765. The second-order valence-electron chi connectivity index (χ2n) is 10.7. The molecule has 0 aromatic rings. The number of hydrogen-bond donors (Lipinski definition) is 2. The van der Waals surface area contributed by atoms with Gasteiger partial charge in [0.2, 0.25) is 0 Å². The van der Waals surface area contributed by atoms with Gasteiger partial charge in [0.15, 0.2) is 5.78 Å². The van der Waals surface area contributed by atoms with Gasteiger partial charge in [0.25, 0.3) is 0 Å². The van der Waals surface area contributed by atoms with E-state index in [9.17, 15) is 19.8 Å². The van der Waals surface area contributed by atoms with Crippen LogP contribution in [0.1, 0.15) is 65.7 Å². The zero-order chi connectivity index (χ0) is 19.4. The molecule has 9 atom stereocenters. The molecule has 2 N–H and O–H groups in total. The Labute approximate surface area is 160 Å². The Hall–Kier alpha value is -0.780. The number of ether oxygens (including phenoxy) is 1. The first-order chi connectivity index (χ1) is 12.6. The molecule has 1 saturated heterocycles. The fourth-order valence-electron chi connectivity index (χ4n) is 8.55.